The number of alkyl halides is 3. The van der Waals surface area contributed by atoms with Gasteiger partial charge < -0.3 is 9.88 Å². The highest BCUT2D eigenvalue weighted by molar-refractivity contribution is 7.91. The van der Waals surface area contributed by atoms with Crippen LogP contribution in [0.3, 0.4) is 0 Å². The van der Waals surface area contributed by atoms with Crippen molar-refractivity contribution in [1.82, 2.24) is 29.7 Å². The van der Waals surface area contributed by atoms with Crippen LogP contribution < -0.4 is 4.90 Å². The van der Waals surface area contributed by atoms with Crippen LogP contribution in [0.15, 0.2) is 42.1 Å². The average molecular weight is 567 g/mol. The second kappa shape index (κ2) is 9.88. The van der Waals surface area contributed by atoms with Gasteiger partial charge in [-0.15, -0.1) is 0 Å². The predicted octanol–water partition coefficient (Wildman–Crippen LogP) is 3.81. The first-order chi connectivity index (χ1) is 18.5. The molecule has 5 rings (SSSR count). The zero-order chi connectivity index (χ0) is 27.9. The number of H-pyrrole nitrogens is 1. The van der Waals surface area contributed by atoms with Crippen LogP contribution in [-0.2, 0) is 9.84 Å². The molecule has 5 heterocycles. The van der Waals surface area contributed by atoms with Gasteiger partial charge in [-0.3, -0.25) is 4.68 Å². The van der Waals surface area contributed by atoms with E-state index in [1.165, 1.54) is 11.2 Å². The van der Waals surface area contributed by atoms with Crippen molar-refractivity contribution in [2.24, 2.45) is 5.92 Å². The van der Waals surface area contributed by atoms with Crippen LogP contribution in [0.25, 0.3) is 22.3 Å². The zero-order valence-electron chi connectivity index (χ0n) is 19.9. The molecule has 1 aliphatic heterocycles. The van der Waals surface area contributed by atoms with Crippen molar-refractivity contribution in [3.8, 4) is 17.3 Å². The molecule has 0 aromatic carbocycles. The molecule has 0 radical (unpaired) electrons. The normalized spacial score (nSPS) is 17.0. The van der Waals surface area contributed by atoms with Crippen molar-refractivity contribution in [3.05, 3.63) is 48.7 Å². The number of nitrogens with one attached hydrogen (secondary N) is 1. The van der Waals surface area contributed by atoms with Gasteiger partial charge in [-0.2, -0.15) is 23.5 Å². The second-order valence-electron chi connectivity index (χ2n) is 9.05. The molecule has 16 heteroatoms. The minimum absolute atomic E-state index is 0.0352. The Kier molecular flexibility index (Phi) is 6.70. The molecular weight excluding hydrogens is 547 g/mol. The van der Waals surface area contributed by atoms with E-state index in [4.69, 9.17) is 0 Å². The van der Waals surface area contributed by atoms with E-state index in [-0.39, 0.29) is 31.5 Å². The summed E-state index contributed by atoms with van der Waals surface area (Å²) in [5, 5.41) is 13.2. The molecule has 10 nitrogen and oxygen atoms in total. The van der Waals surface area contributed by atoms with E-state index in [2.05, 4.69) is 31.1 Å². The standard InChI is InChI=1S/C23H19F5N8O2S/c24-16-7-17(25)22(39(37,38)11-23(26,27)28)34-21(16)35-6-3-13(9-35)18(1-4-29)36-10-14(8-33-36)19-15-2-5-30-20(15)32-12-31-19/h2,5,7-8,10,12-13,18H,1,3,6,9,11H2,(H,30,31,32)/t13-,18-/m0/s1. The van der Waals surface area contributed by atoms with Crippen LogP contribution in [0.4, 0.5) is 27.8 Å². The molecule has 204 valence electrons. The number of hydrogen-bond donors (Lipinski definition) is 1. The predicted molar refractivity (Wildman–Crippen MR) is 127 cm³/mol. The van der Waals surface area contributed by atoms with Crippen molar-refractivity contribution in [2.45, 2.75) is 30.1 Å². The number of rotatable bonds is 7. The van der Waals surface area contributed by atoms with Crippen LogP contribution in [0, 0.1) is 28.9 Å². The first kappa shape index (κ1) is 26.5. The van der Waals surface area contributed by atoms with Gasteiger partial charge in [-0.1, -0.05) is 0 Å². The molecule has 0 unspecified atom stereocenters. The van der Waals surface area contributed by atoms with Crippen LogP contribution in [0.1, 0.15) is 18.9 Å². The molecule has 39 heavy (non-hydrogen) atoms. The molecule has 1 N–H and O–H groups in total. The number of sulfone groups is 1. The van der Waals surface area contributed by atoms with Crippen LogP contribution in [0.2, 0.25) is 0 Å². The van der Waals surface area contributed by atoms with Gasteiger partial charge in [0.05, 0.1) is 30.4 Å². The monoisotopic (exact) mass is 566 g/mol. The van der Waals surface area contributed by atoms with E-state index in [0.29, 0.717) is 23.3 Å². The Labute approximate surface area is 218 Å². The van der Waals surface area contributed by atoms with E-state index in [0.717, 1.165) is 5.39 Å². The molecule has 0 spiro atoms. The third kappa shape index (κ3) is 5.26. The molecule has 0 amide bonds. The van der Waals surface area contributed by atoms with Crippen LogP contribution >= 0.6 is 0 Å². The highest BCUT2D eigenvalue weighted by Crippen LogP contribution is 2.35. The van der Waals surface area contributed by atoms with Gasteiger partial charge >= 0.3 is 6.18 Å². The van der Waals surface area contributed by atoms with E-state index in [1.54, 1.807) is 23.3 Å². The maximum atomic E-state index is 14.7. The molecule has 1 aliphatic rings. The molecule has 2 atom stereocenters. The first-order valence-electron chi connectivity index (χ1n) is 11.6. The van der Waals surface area contributed by atoms with Gasteiger partial charge in [-0.05, 0) is 12.5 Å². The summed E-state index contributed by atoms with van der Waals surface area (Å²) in [6, 6.07) is 3.66. The molecule has 4 aromatic heterocycles. The van der Waals surface area contributed by atoms with Gasteiger partial charge in [-0.25, -0.2) is 32.2 Å². The van der Waals surface area contributed by atoms with Gasteiger partial charge in [0.25, 0.3) is 0 Å². The lowest BCUT2D eigenvalue weighted by atomic mass is 9.96. The maximum Gasteiger partial charge on any atom is 0.403 e. The Morgan fingerprint density at radius 2 is 2.03 bits per heavy atom. The largest absolute Gasteiger partial charge is 0.403 e. The highest BCUT2D eigenvalue weighted by Gasteiger charge is 2.40. The summed E-state index contributed by atoms with van der Waals surface area (Å²) in [6.07, 6.45) is 1.74. The molecule has 1 saturated heterocycles. The SMILES string of the molecule is N#CC[C@@H]([C@H]1CCN(c2nc(S(=O)(=O)CC(F)(F)F)c(F)cc2F)C1)n1cc(-c2ncnc3[nH]ccc23)cn1. The fourth-order valence-corrected chi connectivity index (χ4v) is 5.92. The lowest BCUT2D eigenvalue weighted by Crippen LogP contribution is -2.28. The maximum absolute atomic E-state index is 14.7. The van der Waals surface area contributed by atoms with Crippen molar-refractivity contribution < 1.29 is 30.4 Å². The lowest BCUT2D eigenvalue weighted by Gasteiger charge is -2.23. The lowest BCUT2D eigenvalue weighted by molar-refractivity contribution is -0.106. The number of pyridine rings is 1. The Morgan fingerprint density at radius 1 is 1.23 bits per heavy atom. The number of aromatic nitrogens is 6. The fourth-order valence-electron chi connectivity index (χ4n) is 4.77. The van der Waals surface area contributed by atoms with E-state index in [1.807, 2.05) is 6.07 Å². The Bertz CT molecular complexity index is 1680. The van der Waals surface area contributed by atoms with Gasteiger partial charge in [0, 0.05) is 48.4 Å². The first-order valence-corrected chi connectivity index (χ1v) is 13.2. The Hall–Kier alpha value is -4.13. The number of halogens is 5. The summed E-state index contributed by atoms with van der Waals surface area (Å²) in [5.74, 6) is -6.12. The summed E-state index contributed by atoms with van der Waals surface area (Å²) in [4.78, 5) is 16.3. The molecule has 1 fully saturated rings. The number of aromatic amines is 1. The van der Waals surface area contributed by atoms with Crippen molar-refractivity contribution in [3.63, 3.8) is 0 Å². The van der Waals surface area contributed by atoms with Crippen molar-refractivity contribution in [1.29, 1.82) is 5.26 Å². The quantitative estimate of drug-likeness (QED) is 0.334. The smallest absolute Gasteiger partial charge is 0.354 e. The number of hydrogen-bond acceptors (Lipinski definition) is 8. The number of anilines is 1. The van der Waals surface area contributed by atoms with Gasteiger partial charge in [0.15, 0.2) is 28.2 Å². The van der Waals surface area contributed by atoms with Crippen molar-refractivity contribution >= 4 is 26.7 Å². The zero-order valence-corrected chi connectivity index (χ0v) is 20.7. The topological polar surface area (TPSA) is 133 Å². The summed E-state index contributed by atoms with van der Waals surface area (Å²) in [6.45, 7) is 0.219. The van der Waals surface area contributed by atoms with E-state index < -0.39 is 50.3 Å². The minimum Gasteiger partial charge on any atom is -0.354 e. The minimum atomic E-state index is -5.21. The molecule has 4 aromatic rings. The summed E-state index contributed by atoms with van der Waals surface area (Å²) in [7, 11) is -5.21. The third-order valence-corrected chi connectivity index (χ3v) is 8.05. The average Bonchev–Trinajstić information content (AvgIpc) is 3.61. The fraction of sp³-hybridized carbons (Fsp3) is 0.348. The number of nitriles is 1. The third-order valence-electron chi connectivity index (χ3n) is 6.46. The van der Waals surface area contributed by atoms with Gasteiger partial charge in [0.2, 0.25) is 9.84 Å². The summed E-state index contributed by atoms with van der Waals surface area (Å²) >= 11 is 0. The van der Waals surface area contributed by atoms with Crippen molar-refractivity contribution in [2.75, 3.05) is 23.7 Å². The van der Waals surface area contributed by atoms with Gasteiger partial charge in [0.1, 0.15) is 12.0 Å². The summed E-state index contributed by atoms with van der Waals surface area (Å²) < 4.78 is 93.0. The van der Waals surface area contributed by atoms with Crippen LogP contribution in [0.5, 0.6) is 0 Å². The Balaban J connectivity index is 1.41. The molecule has 0 bridgehead atoms. The number of nitrogens with zero attached hydrogens (tertiary/aromatic N) is 7. The highest BCUT2D eigenvalue weighted by atomic mass is 32.2. The summed E-state index contributed by atoms with van der Waals surface area (Å²) in [5.41, 5.74) is 1.94. The molecule has 0 saturated carbocycles. The molecule has 0 aliphatic carbocycles. The Morgan fingerprint density at radius 3 is 2.77 bits per heavy atom. The number of fused-ring (bicyclic) bond motifs is 1. The van der Waals surface area contributed by atoms with E-state index in [9.17, 15) is 35.6 Å². The molecular formula is C23H19F5N8O2S. The van der Waals surface area contributed by atoms with E-state index >= 15 is 0 Å². The second-order valence-corrected chi connectivity index (χ2v) is 11.0. The van der Waals surface area contributed by atoms with Crippen LogP contribution in [-0.4, -0.2) is 63.2 Å².